The van der Waals surface area contributed by atoms with Crippen LogP contribution in [0.15, 0.2) is 30.5 Å². The third kappa shape index (κ3) is 3.26. The molecular formula is C19H22FN3O. The third-order valence-electron chi connectivity index (χ3n) is 4.36. The van der Waals surface area contributed by atoms with Crippen molar-refractivity contribution in [1.29, 1.82) is 0 Å². The Hall–Kier alpha value is -2.40. The van der Waals surface area contributed by atoms with Gasteiger partial charge in [-0.1, -0.05) is 12.1 Å². The van der Waals surface area contributed by atoms with E-state index in [2.05, 4.69) is 29.1 Å². The van der Waals surface area contributed by atoms with Gasteiger partial charge in [0.25, 0.3) is 0 Å². The number of H-pyrrole nitrogens is 1. The molecule has 0 amide bonds. The maximum Gasteiger partial charge on any atom is 0.135 e. The van der Waals surface area contributed by atoms with E-state index in [0.29, 0.717) is 13.2 Å². The molecule has 0 fully saturated rings. The van der Waals surface area contributed by atoms with Crippen LogP contribution in [0.3, 0.4) is 0 Å². The number of halogens is 1. The van der Waals surface area contributed by atoms with E-state index in [1.165, 1.54) is 17.7 Å². The molecule has 2 heterocycles. The smallest absolute Gasteiger partial charge is 0.135 e. The molecule has 2 aromatic heterocycles. The van der Waals surface area contributed by atoms with Gasteiger partial charge in [-0.15, -0.1) is 0 Å². The molecule has 4 nitrogen and oxygen atoms in total. The average molecular weight is 327 g/mol. The van der Waals surface area contributed by atoms with E-state index in [9.17, 15) is 4.39 Å². The molecular weight excluding hydrogens is 305 g/mol. The van der Waals surface area contributed by atoms with Gasteiger partial charge in [0.15, 0.2) is 0 Å². The number of aromatic amines is 1. The molecule has 126 valence electrons. The number of ether oxygens (including phenoxy) is 1. The SMILES string of the molecule is COCCc1cnc(NCc2ccc(F)cc2)c2c(C)c(C)[nH]c12. The molecule has 0 radical (unpaired) electrons. The lowest BCUT2D eigenvalue weighted by molar-refractivity contribution is 0.202. The summed E-state index contributed by atoms with van der Waals surface area (Å²) in [6, 6.07) is 6.50. The normalized spacial score (nSPS) is 11.2. The Labute approximate surface area is 141 Å². The molecule has 0 aliphatic heterocycles. The molecule has 0 aliphatic carbocycles. The zero-order chi connectivity index (χ0) is 17.1. The average Bonchev–Trinajstić information content (AvgIpc) is 2.89. The Kier molecular flexibility index (Phi) is 4.81. The zero-order valence-electron chi connectivity index (χ0n) is 14.2. The molecule has 0 saturated carbocycles. The van der Waals surface area contributed by atoms with E-state index in [-0.39, 0.29) is 5.82 Å². The lowest BCUT2D eigenvalue weighted by atomic mass is 10.1. The number of hydrogen-bond acceptors (Lipinski definition) is 3. The summed E-state index contributed by atoms with van der Waals surface area (Å²) in [5, 5.41) is 4.49. The summed E-state index contributed by atoms with van der Waals surface area (Å²) in [4.78, 5) is 8.07. The van der Waals surface area contributed by atoms with E-state index in [0.717, 1.165) is 40.0 Å². The van der Waals surface area contributed by atoms with Crippen molar-refractivity contribution in [1.82, 2.24) is 9.97 Å². The summed E-state index contributed by atoms with van der Waals surface area (Å²) >= 11 is 0. The van der Waals surface area contributed by atoms with Crippen LogP contribution in [0.2, 0.25) is 0 Å². The highest BCUT2D eigenvalue weighted by Crippen LogP contribution is 2.30. The van der Waals surface area contributed by atoms with Crippen molar-refractivity contribution in [2.45, 2.75) is 26.8 Å². The van der Waals surface area contributed by atoms with Crippen molar-refractivity contribution in [2.75, 3.05) is 19.0 Å². The lowest BCUT2D eigenvalue weighted by Gasteiger charge is -2.10. The number of benzene rings is 1. The summed E-state index contributed by atoms with van der Waals surface area (Å²) < 4.78 is 18.2. The van der Waals surface area contributed by atoms with Gasteiger partial charge in [0, 0.05) is 30.9 Å². The van der Waals surface area contributed by atoms with Crippen molar-refractivity contribution in [2.24, 2.45) is 0 Å². The summed E-state index contributed by atoms with van der Waals surface area (Å²) in [6.07, 6.45) is 2.71. The number of rotatable bonds is 6. The van der Waals surface area contributed by atoms with Crippen LogP contribution in [-0.4, -0.2) is 23.7 Å². The van der Waals surface area contributed by atoms with Gasteiger partial charge in [-0.3, -0.25) is 0 Å². The standard InChI is InChI=1S/C19H22FN3O/c1-12-13(2)23-18-15(8-9-24-3)11-22-19(17(12)18)21-10-14-4-6-16(20)7-5-14/h4-7,11,23H,8-10H2,1-3H3,(H,21,22). The number of pyridine rings is 1. The number of nitrogens with one attached hydrogen (secondary N) is 2. The predicted molar refractivity (Wildman–Crippen MR) is 94.9 cm³/mol. The summed E-state index contributed by atoms with van der Waals surface area (Å²) in [7, 11) is 1.70. The first-order chi connectivity index (χ1) is 11.6. The second-order valence-corrected chi connectivity index (χ2v) is 5.98. The summed E-state index contributed by atoms with van der Waals surface area (Å²) in [5.74, 6) is 0.621. The fourth-order valence-corrected chi connectivity index (χ4v) is 2.85. The number of methoxy groups -OCH3 is 1. The van der Waals surface area contributed by atoms with Crippen LogP contribution in [0.4, 0.5) is 10.2 Å². The Morgan fingerprint density at radius 3 is 2.67 bits per heavy atom. The van der Waals surface area contributed by atoms with Gasteiger partial charge in [-0.05, 0) is 49.1 Å². The van der Waals surface area contributed by atoms with Gasteiger partial charge in [-0.2, -0.15) is 0 Å². The number of nitrogens with zero attached hydrogens (tertiary/aromatic N) is 1. The van der Waals surface area contributed by atoms with Crippen LogP contribution in [0, 0.1) is 19.7 Å². The second kappa shape index (κ2) is 7.01. The first-order valence-corrected chi connectivity index (χ1v) is 8.04. The molecule has 24 heavy (non-hydrogen) atoms. The highest BCUT2D eigenvalue weighted by atomic mass is 19.1. The van der Waals surface area contributed by atoms with Crippen LogP contribution >= 0.6 is 0 Å². The number of fused-ring (bicyclic) bond motifs is 1. The van der Waals surface area contributed by atoms with Crippen LogP contribution in [0.1, 0.15) is 22.4 Å². The monoisotopic (exact) mass is 327 g/mol. The molecule has 0 aliphatic rings. The fraction of sp³-hybridized carbons (Fsp3) is 0.316. The Balaban J connectivity index is 1.91. The zero-order valence-corrected chi connectivity index (χ0v) is 14.2. The highest BCUT2D eigenvalue weighted by Gasteiger charge is 2.14. The minimum Gasteiger partial charge on any atom is -0.384 e. The molecule has 3 rings (SSSR count). The van der Waals surface area contributed by atoms with Crippen LogP contribution in [0.5, 0.6) is 0 Å². The van der Waals surface area contributed by atoms with E-state index in [1.807, 2.05) is 6.20 Å². The maximum atomic E-state index is 13.0. The number of hydrogen-bond donors (Lipinski definition) is 2. The molecule has 0 unspecified atom stereocenters. The molecule has 0 atom stereocenters. The fourth-order valence-electron chi connectivity index (χ4n) is 2.85. The molecule has 1 aromatic carbocycles. The van der Waals surface area contributed by atoms with Crippen molar-refractivity contribution in [3.8, 4) is 0 Å². The number of anilines is 1. The minimum absolute atomic E-state index is 0.223. The molecule has 0 saturated heterocycles. The van der Waals surface area contributed by atoms with Gasteiger partial charge < -0.3 is 15.0 Å². The van der Waals surface area contributed by atoms with Gasteiger partial charge >= 0.3 is 0 Å². The van der Waals surface area contributed by atoms with Crippen LogP contribution < -0.4 is 5.32 Å². The first-order valence-electron chi connectivity index (χ1n) is 8.04. The lowest BCUT2D eigenvalue weighted by Crippen LogP contribution is -2.04. The van der Waals surface area contributed by atoms with Crippen molar-refractivity contribution in [3.05, 3.63) is 58.7 Å². The van der Waals surface area contributed by atoms with E-state index in [1.54, 1.807) is 19.2 Å². The quantitative estimate of drug-likeness (QED) is 0.716. The Bertz CT molecular complexity index is 840. The maximum absolute atomic E-state index is 13.0. The van der Waals surface area contributed by atoms with Crippen molar-refractivity contribution in [3.63, 3.8) is 0 Å². The molecule has 3 aromatic rings. The third-order valence-corrected chi connectivity index (χ3v) is 4.36. The number of aryl methyl sites for hydroxylation is 2. The summed E-state index contributed by atoms with van der Waals surface area (Å²) in [5.41, 5.74) is 5.61. The predicted octanol–water partition coefficient (Wildman–Crippen LogP) is 4.12. The van der Waals surface area contributed by atoms with Crippen LogP contribution in [0.25, 0.3) is 10.9 Å². The molecule has 0 spiro atoms. The van der Waals surface area contributed by atoms with E-state index < -0.39 is 0 Å². The van der Waals surface area contributed by atoms with Gasteiger partial charge in [0.05, 0.1) is 12.1 Å². The molecule has 2 N–H and O–H groups in total. The minimum atomic E-state index is -0.223. The van der Waals surface area contributed by atoms with Crippen LogP contribution in [-0.2, 0) is 17.7 Å². The topological polar surface area (TPSA) is 49.9 Å². The Morgan fingerprint density at radius 2 is 1.96 bits per heavy atom. The van der Waals surface area contributed by atoms with E-state index >= 15 is 0 Å². The molecule has 0 bridgehead atoms. The second-order valence-electron chi connectivity index (χ2n) is 5.98. The largest absolute Gasteiger partial charge is 0.384 e. The van der Waals surface area contributed by atoms with Crippen molar-refractivity contribution >= 4 is 16.7 Å². The first kappa shape index (κ1) is 16.5. The van der Waals surface area contributed by atoms with Gasteiger partial charge in [0.1, 0.15) is 11.6 Å². The number of aromatic nitrogens is 2. The summed E-state index contributed by atoms with van der Waals surface area (Å²) in [6.45, 7) is 5.43. The van der Waals surface area contributed by atoms with Gasteiger partial charge in [0.2, 0.25) is 0 Å². The van der Waals surface area contributed by atoms with E-state index in [4.69, 9.17) is 4.74 Å². The molecule has 5 heteroatoms. The Morgan fingerprint density at radius 1 is 1.21 bits per heavy atom. The highest BCUT2D eigenvalue weighted by molar-refractivity contribution is 5.95. The van der Waals surface area contributed by atoms with Crippen molar-refractivity contribution < 1.29 is 9.13 Å². The van der Waals surface area contributed by atoms with Gasteiger partial charge in [-0.25, -0.2) is 9.37 Å².